The monoisotopic (exact) mass is 433 g/mol. The second-order valence-corrected chi connectivity index (χ2v) is 11.8. The molecular weight excluding hydrogens is 398 g/mol. The largest absolute Gasteiger partial charge is 0.491 e. The molecule has 0 unspecified atom stereocenters. The van der Waals surface area contributed by atoms with E-state index < -0.39 is 11.5 Å². The molecule has 2 heterocycles. The molecule has 2 aliphatic heterocycles. The van der Waals surface area contributed by atoms with Crippen LogP contribution in [0.15, 0.2) is 24.3 Å². The van der Waals surface area contributed by atoms with Crippen LogP contribution in [0.2, 0.25) is 0 Å². The van der Waals surface area contributed by atoms with Gasteiger partial charge in [-0.2, -0.15) is 11.8 Å². The highest BCUT2D eigenvalue weighted by Crippen LogP contribution is 2.45. The van der Waals surface area contributed by atoms with E-state index in [0.29, 0.717) is 11.5 Å². The fraction of sp³-hybridized carbons (Fsp3) is 0.667. The van der Waals surface area contributed by atoms with Gasteiger partial charge in [0.1, 0.15) is 18.5 Å². The normalized spacial score (nSPS) is 23.5. The quantitative estimate of drug-likeness (QED) is 0.658. The molecule has 2 atom stereocenters. The lowest BCUT2D eigenvalue weighted by Crippen LogP contribution is -2.41. The van der Waals surface area contributed by atoms with Gasteiger partial charge in [-0.3, -0.25) is 14.5 Å². The maximum Gasteiger partial charge on any atom is 0.236 e. The molecule has 6 heteroatoms. The second kappa shape index (κ2) is 8.54. The number of hydrogen-bond acceptors (Lipinski definition) is 5. The van der Waals surface area contributed by atoms with Crippen molar-refractivity contribution in [3.05, 3.63) is 29.8 Å². The molecular formula is C24H35NO4S. The van der Waals surface area contributed by atoms with Gasteiger partial charge in [0.15, 0.2) is 0 Å². The lowest BCUT2D eigenvalue weighted by molar-refractivity contribution is -0.142. The van der Waals surface area contributed by atoms with E-state index in [1.54, 1.807) is 11.8 Å². The van der Waals surface area contributed by atoms with Crippen LogP contribution >= 0.6 is 11.8 Å². The summed E-state index contributed by atoms with van der Waals surface area (Å²) in [6, 6.07) is 7.98. The Labute approximate surface area is 184 Å². The summed E-state index contributed by atoms with van der Waals surface area (Å²) in [7, 11) is 0. The van der Waals surface area contributed by atoms with Crippen molar-refractivity contribution < 1.29 is 19.4 Å². The summed E-state index contributed by atoms with van der Waals surface area (Å²) in [4.78, 5) is 26.3. The van der Waals surface area contributed by atoms with Crippen LogP contribution in [-0.4, -0.2) is 52.6 Å². The van der Waals surface area contributed by atoms with E-state index >= 15 is 0 Å². The smallest absolute Gasteiger partial charge is 0.236 e. The molecule has 0 radical (unpaired) electrons. The predicted octanol–water partition coefficient (Wildman–Crippen LogP) is 4.02. The molecule has 166 valence electrons. The summed E-state index contributed by atoms with van der Waals surface area (Å²) < 4.78 is 5.73. The van der Waals surface area contributed by atoms with Crippen LogP contribution in [0.1, 0.15) is 59.4 Å². The summed E-state index contributed by atoms with van der Waals surface area (Å²) in [6.45, 7) is 11.3. The Morgan fingerprint density at radius 3 is 2.40 bits per heavy atom. The van der Waals surface area contributed by atoms with Crippen molar-refractivity contribution in [1.29, 1.82) is 0 Å². The van der Waals surface area contributed by atoms with E-state index in [1.807, 2.05) is 12.1 Å². The van der Waals surface area contributed by atoms with Crippen molar-refractivity contribution in [3.63, 3.8) is 0 Å². The van der Waals surface area contributed by atoms with Crippen molar-refractivity contribution in [3.8, 4) is 5.75 Å². The van der Waals surface area contributed by atoms with Crippen LogP contribution in [0.3, 0.4) is 0 Å². The van der Waals surface area contributed by atoms with E-state index in [9.17, 15) is 14.7 Å². The Morgan fingerprint density at radius 1 is 1.17 bits per heavy atom. The second-order valence-electron chi connectivity index (χ2n) is 10.7. The van der Waals surface area contributed by atoms with E-state index in [1.165, 1.54) is 10.5 Å². The minimum atomic E-state index is -0.904. The molecule has 1 aromatic carbocycles. The zero-order valence-electron chi connectivity index (χ0n) is 18.9. The van der Waals surface area contributed by atoms with E-state index in [4.69, 9.17) is 4.74 Å². The third-order valence-corrected chi connectivity index (χ3v) is 7.29. The number of carbonyl (C=O) groups excluding carboxylic acids is 2. The number of β-amino-alcohol motifs (C(OH)–C–C–N with tert-alkyl or cyclic N) is 1. The molecule has 5 nitrogen and oxygen atoms in total. The van der Waals surface area contributed by atoms with Gasteiger partial charge in [0.05, 0.1) is 12.0 Å². The summed E-state index contributed by atoms with van der Waals surface area (Å²) in [6.07, 6.45) is 1.19. The number of amides is 2. The number of aliphatic hydroxyl groups excluding tert-OH is 1. The van der Waals surface area contributed by atoms with Gasteiger partial charge >= 0.3 is 0 Å². The predicted molar refractivity (Wildman–Crippen MR) is 121 cm³/mol. The minimum absolute atomic E-state index is 0.000774. The molecule has 0 aromatic heterocycles. The van der Waals surface area contributed by atoms with Crippen LogP contribution < -0.4 is 4.74 Å². The Kier molecular flexibility index (Phi) is 6.59. The number of benzene rings is 1. The first kappa shape index (κ1) is 23.1. The van der Waals surface area contributed by atoms with Gasteiger partial charge in [-0.25, -0.2) is 0 Å². The van der Waals surface area contributed by atoms with Gasteiger partial charge in [-0.05, 0) is 47.1 Å². The summed E-state index contributed by atoms with van der Waals surface area (Å²) in [5.41, 5.74) is 1.01. The van der Waals surface area contributed by atoms with Gasteiger partial charge in [0.25, 0.3) is 0 Å². The number of hydrogen-bond donors (Lipinski definition) is 1. The molecule has 1 N–H and O–H groups in total. The minimum Gasteiger partial charge on any atom is -0.491 e. The zero-order valence-corrected chi connectivity index (χ0v) is 19.7. The Morgan fingerprint density at radius 2 is 1.83 bits per heavy atom. The van der Waals surface area contributed by atoms with Crippen molar-refractivity contribution in [2.24, 2.45) is 10.8 Å². The summed E-state index contributed by atoms with van der Waals surface area (Å²) in [5.74, 6) is 2.00. The maximum atomic E-state index is 12.7. The van der Waals surface area contributed by atoms with Gasteiger partial charge in [-0.15, -0.1) is 0 Å². The molecule has 2 fully saturated rings. The average molecular weight is 434 g/mol. The fourth-order valence-electron chi connectivity index (χ4n) is 4.85. The Hall–Kier alpha value is -1.53. The van der Waals surface area contributed by atoms with Gasteiger partial charge in [0, 0.05) is 12.2 Å². The highest BCUT2D eigenvalue weighted by atomic mass is 32.2. The average Bonchev–Trinajstić information content (AvgIpc) is 3.19. The van der Waals surface area contributed by atoms with Crippen molar-refractivity contribution in [1.82, 2.24) is 4.90 Å². The number of carbonyl (C=O) groups is 2. The molecule has 0 saturated carbocycles. The van der Waals surface area contributed by atoms with Gasteiger partial charge < -0.3 is 9.84 Å². The molecule has 30 heavy (non-hydrogen) atoms. The number of rotatable bonds is 7. The number of aliphatic hydroxyl groups is 1. The Bertz CT molecular complexity index is 775. The van der Waals surface area contributed by atoms with Crippen molar-refractivity contribution >= 4 is 23.6 Å². The third-order valence-electron chi connectivity index (χ3n) is 6.04. The summed E-state index contributed by atoms with van der Waals surface area (Å²) in [5, 5.41) is 10.4. The van der Waals surface area contributed by atoms with Crippen LogP contribution in [-0.2, 0) is 15.0 Å². The number of likely N-dealkylation sites (tertiary alicyclic amines) is 1. The highest BCUT2D eigenvalue weighted by Gasteiger charge is 2.53. The van der Waals surface area contributed by atoms with Crippen molar-refractivity contribution in [2.45, 2.75) is 65.4 Å². The van der Waals surface area contributed by atoms with E-state index in [2.05, 4.69) is 46.8 Å². The molecule has 2 saturated heterocycles. The number of thioether (sulfide) groups is 1. The highest BCUT2D eigenvalue weighted by molar-refractivity contribution is 7.99. The number of nitrogens with zero attached hydrogens (tertiary/aromatic N) is 1. The zero-order chi connectivity index (χ0) is 22.2. The molecule has 0 bridgehead atoms. The van der Waals surface area contributed by atoms with Crippen LogP contribution in [0, 0.1) is 10.8 Å². The molecule has 2 amide bonds. The molecule has 0 aliphatic carbocycles. The van der Waals surface area contributed by atoms with Crippen LogP contribution in [0.25, 0.3) is 0 Å². The van der Waals surface area contributed by atoms with Gasteiger partial charge in [-0.1, -0.05) is 46.8 Å². The molecule has 3 rings (SSSR count). The van der Waals surface area contributed by atoms with Crippen LogP contribution in [0.4, 0.5) is 0 Å². The third kappa shape index (κ3) is 5.20. The topological polar surface area (TPSA) is 66.8 Å². The molecule has 1 aromatic rings. The van der Waals surface area contributed by atoms with E-state index in [0.717, 1.165) is 18.6 Å². The maximum absolute atomic E-state index is 12.7. The first-order chi connectivity index (χ1) is 13.9. The first-order valence-corrected chi connectivity index (χ1v) is 11.9. The first-order valence-electron chi connectivity index (χ1n) is 10.8. The Balaban J connectivity index is 1.53. The SMILES string of the molecule is CC(C)(C)CC(C)(C)c1ccc(OC[C@@H](O)CN2C(=O)C[C@]3(CCSC3)C2=O)cc1. The lowest BCUT2D eigenvalue weighted by atomic mass is 9.72. The summed E-state index contributed by atoms with van der Waals surface area (Å²) >= 11 is 1.72. The molecule has 1 spiro atoms. The number of imide groups is 1. The van der Waals surface area contributed by atoms with Gasteiger partial charge in [0.2, 0.25) is 11.8 Å². The number of ether oxygens (including phenoxy) is 1. The molecule has 2 aliphatic rings. The standard InChI is InChI=1S/C24H35NO4S/c1-22(2,3)15-23(4,5)17-6-8-19(9-7-17)29-14-18(26)13-25-20(27)12-24(21(25)28)10-11-30-16-24/h6-9,18,26H,10-16H2,1-5H3/t18-,24-/m0/s1. The van der Waals surface area contributed by atoms with E-state index in [-0.39, 0.29) is 42.2 Å². The van der Waals surface area contributed by atoms with Crippen molar-refractivity contribution in [2.75, 3.05) is 24.7 Å². The fourth-order valence-corrected chi connectivity index (χ4v) is 6.29. The lowest BCUT2D eigenvalue weighted by Gasteiger charge is -2.33. The van der Waals surface area contributed by atoms with Crippen LogP contribution in [0.5, 0.6) is 5.75 Å².